The molecule has 1 aliphatic heterocycles. The van der Waals surface area contributed by atoms with Crippen LogP contribution in [0.15, 0.2) is 23.1 Å². The lowest BCUT2D eigenvalue weighted by Gasteiger charge is -2.16. The molecule has 0 amide bonds. The Labute approximate surface area is 90.0 Å². The number of aliphatic hydroxyl groups is 1. The van der Waals surface area contributed by atoms with E-state index in [0.29, 0.717) is 11.0 Å². The molecule has 3 rings (SSSR count). The van der Waals surface area contributed by atoms with Crippen LogP contribution in [0.3, 0.4) is 0 Å². The van der Waals surface area contributed by atoms with Crippen LogP contribution in [0.1, 0.15) is 12.5 Å². The molecule has 1 atom stereocenters. The van der Waals surface area contributed by atoms with Gasteiger partial charge in [-0.2, -0.15) is 0 Å². The number of pyridine rings is 2. The van der Waals surface area contributed by atoms with Gasteiger partial charge in [0.2, 0.25) is 0 Å². The van der Waals surface area contributed by atoms with Gasteiger partial charge in [0.1, 0.15) is 11.4 Å². The summed E-state index contributed by atoms with van der Waals surface area (Å²) in [7, 11) is 0. The number of rotatable bonds is 0. The average molecular weight is 220 g/mol. The summed E-state index contributed by atoms with van der Waals surface area (Å²) in [6, 6.07) is 2.91. The fourth-order valence-electron chi connectivity index (χ4n) is 2.29. The Morgan fingerprint density at radius 2 is 2.31 bits per heavy atom. The van der Waals surface area contributed by atoms with Gasteiger partial charge in [0.25, 0.3) is 5.56 Å². The Morgan fingerprint density at radius 3 is 3.06 bits per heavy atom. The van der Waals surface area contributed by atoms with E-state index in [1.54, 1.807) is 6.07 Å². The fourth-order valence-corrected chi connectivity index (χ4v) is 2.29. The molecule has 5 heteroatoms. The van der Waals surface area contributed by atoms with Crippen molar-refractivity contribution in [3.05, 3.63) is 40.1 Å². The third kappa shape index (κ3) is 1.01. The summed E-state index contributed by atoms with van der Waals surface area (Å²) in [4.78, 5) is 15.5. The van der Waals surface area contributed by atoms with Crippen LogP contribution >= 0.6 is 0 Å². The summed E-state index contributed by atoms with van der Waals surface area (Å²) in [5.74, 6) is -0.575. The van der Waals surface area contributed by atoms with E-state index in [1.807, 2.05) is 0 Å². The van der Waals surface area contributed by atoms with E-state index in [-0.39, 0.29) is 17.7 Å². The molecule has 0 radical (unpaired) electrons. The molecule has 16 heavy (non-hydrogen) atoms. The second-order valence-corrected chi connectivity index (χ2v) is 4.25. The minimum absolute atomic E-state index is 0.0706. The molecule has 3 heterocycles. The number of aromatic nitrogens is 2. The van der Waals surface area contributed by atoms with Crippen LogP contribution in [-0.2, 0) is 12.1 Å². The normalized spacial score (nSPS) is 22.9. The topological polar surface area (TPSA) is 55.1 Å². The molecule has 0 saturated heterocycles. The second-order valence-electron chi connectivity index (χ2n) is 4.25. The predicted octanol–water partition coefficient (Wildman–Crippen LogP) is 0.757. The van der Waals surface area contributed by atoms with E-state index in [9.17, 15) is 14.3 Å². The second kappa shape index (κ2) is 2.68. The molecule has 0 spiro atoms. The average Bonchev–Trinajstić information content (AvgIpc) is 2.50. The van der Waals surface area contributed by atoms with Crippen molar-refractivity contribution in [1.29, 1.82) is 0 Å². The first-order valence-electron chi connectivity index (χ1n) is 4.91. The smallest absolute Gasteiger partial charge is 0.251 e. The van der Waals surface area contributed by atoms with Gasteiger partial charge in [-0.3, -0.25) is 9.78 Å². The van der Waals surface area contributed by atoms with Gasteiger partial charge in [0.05, 0.1) is 23.8 Å². The molecular weight excluding hydrogens is 211 g/mol. The Hall–Kier alpha value is -1.75. The van der Waals surface area contributed by atoms with E-state index in [2.05, 4.69) is 4.98 Å². The van der Waals surface area contributed by atoms with Gasteiger partial charge in [-0.15, -0.1) is 0 Å². The van der Waals surface area contributed by atoms with E-state index >= 15 is 0 Å². The third-order valence-electron chi connectivity index (χ3n) is 2.96. The zero-order valence-electron chi connectivity index (χ0n) is 8.57. The van der Waals surface area contributed by atoms with Crippen LogP contribution in [0.2, 0.25) is 0 Å². The van der Waals surface area contributed by atoms with Crippen LogP contribution in [-0.4, -0.2) is 14.7 Å². The quantitative estimate of drug-likeness (QED) is 0.713. The van der Waals surface area contributed by atoms with Gasteiger partial charge in [-0.25, -0.2) is 4.39 Å². The zero-order valence-corrected chi connectivity index (χ0v) is 8.57. The predicted molar refractivity (Wildman–Crippen MR) is 55.5 cm³/mol. The molecular formula is C11H9FN2O2. The molecule has 0 bridgehead atoms. The molecule has 0 aliphatic carbocycles. The van der Waals surface area contributed by atoms with Crippen LogP contribution < -0.4 is 5.56 Å². The summed E-state index contributed by atoms with van der Waals surface area (Å²) < 4.78 is 15.0. The van der Waals surface area contributed by atoms with Crippen molar-refractivity contribution < 1.29 is 9.50 Å². The first-order chi connectivity index (χ1) is 7.50. The molecule has 1 N–H and O–H groups in total. The van der Waals surface area contributed by atoms with Gasteiger partial charge >= 0.3 is 0 Å². The Morgan fingerprint density at radius 1 is 1.56 bits per heavy atom. The Kier molecular flexibility index (Phi) is 1.59. The van der Waals surface area contributed by atoms with Crippen LogP contribution in [0.25, 0.3) is 11.0 Å². The van der Waals surface area contributed by atoms with Crippen LogP contribution in [0.4, 0.5) is 4.39 Å². The van der Waals surface area contributed by atoms with Crippen molar-refractivity contribution in [2.45, 2.75) is 19.1 Å². The highest BCUT2D eigenvalue weighted by Gasteiger charge is 2.37. The first kappa shape index (κ1) is 9.47. The third-order valence-corrected chi connectivity index (χ3v) is 2.96. The minimum Gasteiger partial charge on any atom is -0.383 e. The maximum Gasteiger partial charge on any atom is 0.251 e. The lowest BCUT2D eigenvalue weighted by Crippen LogP contribution is -2.26. The summed E-state index contributed by atoms with van der Waals surface area (Å²) in [5, 5.41) is 10.1. The Balaban J connectivity index is 2.60. The largest absolute Gasteiger partial charge is 0.383 e. The monoisotopic (exact) mass is 220 g/mol. The molecule has 1 aliphatic rings. The van der Waals surface area contributed by atoms with Gasteiger partial charge in [0, 0.05) is 11.6 Å². The maximum absolute atomic E-state index is 13.6. The molecule has 0 unspecified atom stereocenters. The van der Waals surface area contributed by atoms with Crippen molar-refractivity contribution in [2.24, 2.45) is 0 Å². The zero-order chi connectivity index (χ0) is 11.5. The van der Waals surface area contributed by atoms with Crippen molar-refractivity contribution >= 4 is 11.0 Å². The standard InChI is InChI=1S/C11H9FN2O2/c1-11(16)5-14-8(15)3-2-7-10(14)9(11)6(12)4-13-7/h2-4,16H,5H2,1H3/t11-/m0/s1. The van der Waals surface area contributed by atoms with Crippen LogP contribution in [0, 0.1) is 5.82 Å². The highest BCUT2D eigenvalue weighted by Crippen LogP contribution is 2.36. The minimum atomic E-state index is -1.35. The van der Waals surface area contributed by atoms with Crippen molar-refractivity contribution in [1.82, 2.24) is 9.55 Å². The van der Waals surface area contributed by atoms with E-state index in [0.717, 1.165) is 6.20 Å². The molecule has 2 aromatic rings. The number of halogens is 1. The molecule has 0 saturated carbocycles. The highest BCUT2D eigenvalue weighted by molar-refractivity contribution is 5.80. The van der Waals surface area contributed by atoms with Crippen molar-refractivity contribution in [3.63, 3.8) is 0 Å². The fraction of sp³-hybridized carbons (Fsp3) is 0.273. The van der Waals surface area contributed by atoms with Crippen molar-refractivity contribution in [3.8, 4) is 0 Å². The van der Waals surface area contributed by atoms with Crippen molar-refractivity contribution in [2.75, 3.05) is 0 Å². The lowest BCUT2D eigenvalue weighted by molar-refractivity contribution is 0.0463. The highest BCUT2D eigenvalue weighted by atomic mass is 19.1. The van der Waals surface area contributed by atoms with Gasteiger partial charge in [0.15, 0.2) is 0 Å². The van der Waals surface area contributed by atoms with E-state index in [1.165, 1.54) is 17.6 Å². The SMILES string of the molecule is C[C@]1(O)Cn2c(=O)ccc3ncc(F)c1c32. The molecule has 0 aromatic carbocycles. The lowest BCUT2D eigenvalue weighted by atomic mass is 9.99. The van der Waals surface area contributed by atoms with Gasteiger partial charge in [-0.05, 0) is 13.0 Å². The molecule has 0 fully saturated rings. The number of hydrogen-bond donors (Lipinski definition) is 1. The van der Waals surface area contributed by atoms with E-state index < -0.39 is 11.4 Å². The molecule has 82 valence electrons. The summed E-state index contributed by atoms with van der Waals surface area (Å²) in [6.07, 6.45) is 1.08. The van der Waals surface area contributed by atoms with Gasteiger partial charge < -0.3 is 9.67 Å². The molecule has 4 nitrogen and oxygen atoms in total. The van der Waals surface area contributed by atoms with Crippen LogP contribution in [0.5, 0.6) is 0 Å². The summed E-state index contributed by atoms with van der Waals surface area (Å²) >= 11 is 0. The van der Waals surface area contributed by atoms with Gasteiger partial charge in [-0.1, -0.05) is 0 Å². The number of hydrogen-bond acceptors (Lipinski definition) is 3. The Bertz CT molecular complexity index is 661. The molecule has 2 aromatic heterocycles. The maximum atomic E-state index is 13.6. The first-order valence-corrected chi connectivity index (χ1v) is 4.91. The summed E-state index contributed by atoms with van der Waals surface area (Å²) in [5.41, 5.74) is -0.515. The van der Waals surface area contributed by atoms with E-state index in [4.69, 9.17) is 0 Å². The summed E-state index contributed by atoms with van der Waals surface area (Å²) in [6.45, 7) is 1.57. The number of nitrogens with zero attached hydrogens (tertiary/aromatic N) is 2.